The maximum absolute atomic E-state index is 11.9. The molecule has 0 radical (unpaired) electrons. The van der Waals surface area contributed by atoms with E-state index < -0.39 is 0 Å². The van der Waals surface area contributed by atoms with Crippen molar-refractivity contribution in [1.29, 1.82) is 0 Å². The normalized spacial score (nSPS) is 10.3. The van der Waals surface area contributed by atoms with Crippen LogP contribution in [0.1, 0.15) is 29.2 Å². The maximum Gasteiger partial charge on any atom is 0.337 e. The number of anilines is 1. The van der Waals surface area contributed by atoms with E-state index in [4.69, 9.17) is 4.74 Å². The fraction of sp³-hybridized carbons (Fsp3) is 0.444. The quantitative estimate of drug-likeness (QED) is 0.833. The Kier molecular flexibility index (Phi) is 3.82. The molecule has 2 heterocycles. The first kappa shape index (κ1) is 12.4. The van der Waals surface area contributed by atoms with Crippen LogP contribution in [0.5, 0.6) is 6.01 Å². The second-order valence-electron chi connectivity index (χ2n) is 3.26. The number of rotatable bonds is 5. The lowest BCUT2D eigenvalue weighted by Crippen LogP contribution is -2.13. The Morgan fingerprint density at radius 1 is 1.50 bits per heavy atom. The Morgan fingerprint density at radius 2 is 2.33 bits per heavy atom. The van der Waals surface area contributed by atoms with Crippen LogP contribution in [-0.2, 0) is 6.42 Å². The molecule has 0 fully saturated rings. The minimum atomic E-state index is -0.305. The fourth-order valence-electron chi connectivity index (χ4n) is 1.27. The molecule has 96 valence electrons. The first-order chi connectivity index (χ1) is 8.74. The van der Waals surface area contributed by atoms with Crippen LogP contribution in [0.25, 0.3) is 0 Å². The summed E-state index contributed by atoms with van der Waals surface area (Å²) in [6.45, 7) is 4.20. The average Bonchev–Trinajstić information content (AvgIpc) is 2.98. The minimum Gasteiger partial charge on any atom is -0.463 e. The summed E-state index contributed by atoms with van der Waals surface area (Å²) in [7, 11) is 0. The molecule has 0 saturated heterocycles. The van der Waals surface area contributed by atoms with Crippen molar-refractivity contribution in [2.75, 3.05) is 11.9 Å². The summed E-state index contributed by atoms with van der Waals surface area (Å²) >= 11 is 1.05. The summed E-state index contributed by atoms with van der Waals surface area (Å²) in [5.41, 5.74) is 0.669. The fourth-order valence-corrected chi connectivity index (χ4v) is 1.92. The van der Waals surface area contributed by atoms with Gasteiger partial charge in [0.25, 0.3) is 5.91 Å². The number of ether oxygens (including phenoxy) is 1. The van der Waals surface area contributed by atoms with Gasteiger partial charge >= 0.3 is 6.01 Å². The van der Waals surface area contributed by atoms with Crippen molar-refractivity contribution in [1.82, 2.24) is 24.8 Å². The molecule has 0 aliphatic heterocycles. The number of hydrogen-bond donors (Lipinski definition) is 2. The van der Waals surface area contributed by atoms with E-state index in [0.29, 0.717) is 23.6 Å². The van der Waals surface area contributed by atoms with Crippen LogP contribution in [0.2, 0.25) is 0 Å². The highest BCUT2D eigenvalue weighted by molar-refractivity contribution is 7.08. The number of carbonyl (C=O) groups is 1. The molecule has 0 unspecified atom stereocenters. The molecule has 9 heteroatoms. The first-order valence-corrected chi connectivity index (χ1v) is 6.19. The molecule has 2 aromatic heterocycles. The van der Waals surface area contributed by atoms with Crippen LogP contribution in [-0.4, -0.2) is 37.3 Å². The van der Waals surface area contributed by atoms with Crippen LogP contribution < -0.4 is 10.1 Å². The average molecular weight is 268 g/mol. The van der Waals surface area contributed by atoms with Crippen LogP contribution in [0, 0.1) is 0 Å². The second kappa shape index (κ2) is 5.54. The van der Waals surface area contributed by atoms with Gasteiger partial charge in [-0.25, -0.2) is 5.10 Å². The van der Waals surface area contributed by atoms with E-state index in [9.17, 15) is 4.79 Å². The summed E-state index contributed by atoms with van der Waals surface area (Å²) < 4.78 is 8.83. The highest BCUT2D eigenvalue weighted by Crippen LogP contribution is 2.13. The highest BCUT2D eigenvalue weighted by atomic mass is 32.1. The van der Waals surface area contributed by atoms with Gasteiger partial charge < -0.3 is 4.74 Å². The minimum absolute atomic E-state index is 0.200. The predicted molar refractivity (Wildman–Crippen MR) is 64.8 cm³/mol. The van der Waals surface area contributed by atoms with Crippen LogP contribution >= 0.6 is 11.5 Å². The van der Waals surface area contributed by atoms with Crippen molar-refractivity contribution in [2.24, 2.45) is 0 Å². The Hall–Kier alpha value is -2.03. The Balaban J connectivity index is 2.06. The molecule has 2 N–H and O–H groups in total. The third-order valence-corrected chi connectivity index (χ3v) is 2.83. The van der Waals surface area contributed by atoms with Gasteiger partial charge in [-0.15, -0.1) is 10.2 Å². The van der Waals surface area contributed by atoms with Gasteiger partial charge in [0.15, 0.2) is 0 Å². The summed E-state index contributed by atoms with van der Waals surface area (Å²) in [5.74, 6) is -0.0695. The number of aryl methyl sites for hydroxylation is 1. The SMILES string of the molecule is CCOc1n[nH]c(NC(=O)c2snnc2CC)n1. The molecule has 8 nitrogen and oxygen atoms in total. The molecule has 2 rings (SSSR count). The zero-order valence-electron chi connectivity index (χ0n) is 9.93. The Bertz CT molecular complexity index is 537. The van der Waals surface area contributed by atoms with Crippen LogP contribution in [0.4, 0.5) is 5.95 Å². The number of hydrogen-bond acceptors (Lipinski definition) is 7. The molecule has 18 heavy (non-hydrogen) atoms. The van der Waals surface area contributed by atoms with Crippen molar-refractivity contribution < 1.29 is 9.53 Å². The predicted octanol–water partition coefficient (Wildman–Crippen LogP) is 0.870. The van der Waals surface area contributed by atoms with Gasteiger partial charge in [0.05, 0.1) is 12.3 Å². The topological polar surface area (TPSA) is 106 Å². The second-order valence-corrected chi connectivity index (χ2v) is 4.01. The smallest absolute Gasteiger partial charge is 0.337 e. The Morgan fingerprint density at radius 3 is 3.06 bits per heavy atom. The van der Waals surface area contributed by atoms with Crippen LogP contribution in [0.3, 0.4) is 0 Å². The van der Waals surface area contributed by atoms with Gasteiger partial charge in [0, 0.05) is 0 Å². The molecule has 2 aromatic rings. The Labute approximate surface area is 107 Å². The standard InChI is InChI=1S/C9H12N6O2S/c1-3-5-6(18-15-12-5)7(16)10-8-11-9(14-13-8)17-4-2/h3-4H2,1-2H3,(H2,10,11,13,14,16). The van der Waals surface area contributed by atoms with E-state index in [1.807, 2.05) is 13.8 Å². The van der Waals surface area contributed by atoms with Gasteiger partial charge in [-0.05, 0) is 24.9 Å². The number of nitrogens with zero attached hydrogens (tertiary/aromatic N) is 4. The number of amides is 1. The lowest BCUT2D eigenvalue weighted by molar-refractivity contribution is 0.102. The summed E-state index contributed by atoms with van der Waals surface area (Å²) in [6, 6.07) is 0.200. The molecule has 0 saturated carbocycles. The molecule has 0 aliphatic carbocycles. The van der Waals surface area contributed by atoms with Gasteiger partial charge in [0.1, 0.15) is 4.88 Å². The van der Waals surface area contributed by atoms with Gasteiger partial charge in [0.2, 0.25) is 5.95 Å². The van der Waals surface area contributed by atoms with Crippen molar-refractivity contribution >= 4 is 23.4 Å². The van der Waals surface area contributed by atoms with Gasteiger partial charge in [-0.1, -0.05) is 11.4 Å². The molecule has 1 amide bonds. The van der Waals surface area contributed by atoms with E-state index in [-0.39, 0.29) is 17.9 Å². The van der Waals surface area contributed by atoms with E-state index in [1.165, 1.54) is 0 Å². The van der Waals surface area contributed by atoms with Crippen molar-refractivity contribution in [3.05, 3.63) is 10.6 Å². The van der Waals surface area contributed by atoms with Crippen molar-refractivity contribution in [3.63, 3.8) is 0 Å². The van der Waals surface area contributed by atoms with Crippen molar-refractivity contribution in [3.8, 4) is 6.01 Å². The van der Waals surface area contributed by atoms with E-state index in [2.05, 4.69) is 30.1 Å². The van der Waals surface area contributed by atoms with Gasteiger partial charge in [-0.2, -0.15) is 4.98 Å². The summed E-state index contributed by atoms with van der Waals surface area (Å²) in [4.78, 5) is 16.3. The molecule has 0 aromatic carbocycles. The third-order valence-electron chi connectivity index (χ3n) is 2.07. The van der Waals surface area contributed by atoms with E-state index >= 15 is 0 Å². The summed E-state index contributed by atoms with van der Waals surface area (Å²) in [6.07, 6.45) is 0.653. The summed E-state index contributed by atoms with van der Waals surface area (Å²) in [5, 5.41) is 12.8. The highest BCUT2D eigenvalue weighted by Gasteiger charge is 2.16. The molecule has 0 bridgehead atoms. The molecular weight excluding hydrogens is 256 g/mol. The number of nitrogens with one attached hydrogen (secondary N) is 2. The zero-order valence-corrected chi connectivity index (χ0v) is 10.7. The first-order valence-electron chi connectivity index (χ1n) is 5.42. The number of aromatic nitrogens is 5. The molecule has 0 atom stereocenters. The van der Waals surface area contributed by atoms with Crippen molar-refractivity contribution in [2.45, 2.75) is 20.3 Å². The number of aromatic amines is 1. The largest absolute Gasteiger partial charge is 0.463 e. The lowest BCUT2D eigenvalue weighted by Gasteiger charge is -1.98. The molecule has 0 spiro atoms. The molecular formula is C9H12N6O2S. The molecule has 0 aliphatic rings. The van der Waals surface area contributed by atoms with Gasteiger partial charge in [-0.3, -0.25) is 10.1 Å². The monoisotopic (exact) mass is 268 g/mol. The number of H-pyrrole nitrogens is 1. The number of carbonyl (C=O) groups excluding carboxylic acids is 1. The van der Waals surface area contributed by atoms with E-state index in [0.717, 1.165) is 11.5 Å². The zero-order chi connectivity index (χ0) is 13.0. The van der Waals surface area contributed by atoms with Crippen LogP contribution in [0.15, 0.2) is 0 Å². The third kappa shape index (κ3) is 2.62. The van der Waals surface area contributed by atoms with E-state index in [1.54, 1.807) is 0 Å². The maximum atomic E-state index is 11.9. The lowest BCUT2D eigenvalue weighted by atomic mass is 10.3.